The first kappa shape index (κ1) is 14.8. The lowest BCUT2D eigenvalue weighted by Crippen LogP contribution is -2.17. The Hall–Kier alpha value is -3.11. The van der Waals surface area contributed by atoms with Crippen molar-refractivity contribution >= 4 is 23.3 Å². The summed E-state index contributed by atoms with van der Waals surface area (Å²) in [5.41, 5.74) is 1.05. The molecule has 0 fully saturated rings. The number of halogens is 1. The summed E-state index contributed by atoms with van der Waals surface area (Å²) >= 11 is 5.98. The Bertz CT molecular complexity index is 906. The van der Waals surface area contributed by atoms with E-state index in [9.17, 15) is 10.1 Å². The number of aromatic nitrogens is 4. The lowest BCUT2D eigenvalue weighted by Gasteiger charge is -2.08. The van der Waals surface area contributed by atoms with Gasteiger partial charge in [0.1, 0.15) is 11.6 Å². The molecule has 0 atom stereocenters. The van der Waals surface area contributed by atoms with Gasteiger partial charge in [0, 0.05) is 13.2 Å². The molecule has 0 unspecified atom stereocenters. The van der Waals surface area contributed by atoms with Crippen molar-refractivity contribution in [2.45, 2.75) is 0 Å². The molecule has 0 aliphatic heterocycles. The van der Waals surface area contributed by atoms with Crippen LogP contribution in [-0.4, -0.2) is 25.5 Å². The van der Waals surface area contributed by atoms with Crippen LogP contribution in [0.4, 0.5) is 5.82 Å². The smallest absolute Gasteiger partial charge is 0.278 e. The molecule has 2 aromatic heterocycles. The van der Waals surface area contributed by atoms with E-state index in [1.807, 2.05) is 36.4 Å². The minimum atomic E-state index is -0.509. The summed E-state index contributed by atoms with van der Waals surface area (Å²) in [6, 6.07) is 11.2. The van der Waals surface area contributed by atoms with Crippen molar-refractivity contribution in [3.05, 3.63) is 59.0 Å². The molecule has 7 nitrogen and oxygen atoms in total. The van der Waals surface area contributed by atoms with Gasteiger partial charge in [-0.3, -0.25) is 9.48 Å². The van der Waals surface area contributed by atoms with E-state index in [1.54, 1.807) is 7.05 Å². The zero-order valence-corrected chi connectivity index (χ0v) is 12.8. The Balaban J connectivity index is 2.00. The number of hydrogen-bond acceptors (Lipinski definition) is 4. The van der Waals surface area contributed by atoms with E-state index in [2.05, 4.69) is 15.5 Å². The SMILES string of the molecule is Cn1cc(Cl)c(C(=O)Nc2c(C#N)cnn2-c2ccccc2)n1. The van der Waals surface area contributed by atoms with E-state index in [1.165, 1.54) is 21.8 Å². The van der Waals surface area contributed by atoms with E-state index in [0.29, 0.717) is 0 Å². The quantitative estimate of drug-likeness (QED) is 0.800. The van der Waals surface area contributed by atoms with Gasteiger partial charge in [0.15, 0.2) is 11.5 Å². The molecule has 0 bridgehead atoms. The normalized spacial score (nSPS) is 10.3. The highest BCUT2D eigenvalue weighted by Gasteiger charge is 2.20. The Morgan fingerprint density at radius 3 is 2.70 bits per heavy atom. The third kappa shape index (κ3) is 2.80. The molecule has 1 N–H and O–H groups in total. The monoisotopic (exact) mass is 326 g/mol. The van der Waals surface area contributed by atoms with E-state index >= 15 is 0 Å². The minimum Gasteiger partial charge on any atom is -0.304 e. The van der Waals surface area contributed by atoms with Crippen LogP contribution in [0.2, 0.25) is 5.02 Å². The van der Waals surface area contributed by atoms with Crippen molar-refractivity contribution in [3.8, 4) is 11.8 Å². The molecule has 3 aromatic rings. The number of carbonyl (C=O) groups is 1. The predicted octanol–water partition coefficient (Wildman–Crippen LogP) is 2.38. The van der Waals surface area contributed by atoms with Crippen molar-refractivity contribution in [3.63, 3.8) is 0 Å². The molecule has 0 aliphatic rings. The van der Waals surface area contributed by atoms with Crippen LogP contribution in [-0.2, 0) is 7.05 Å². The zero-order valence-electron chi connectivity index (χ0n) is 12.1. The van der Waals surface area contributed by atoms with Gasteiger partial charge in [-0.1, -0.05) is 29.8 Å². The van der Waals surface area contributed by atoms with Crippen LogP contribution < -0.4 is 5.32 Å². The van der Waals surface area contributed by atoms with Crippen LogP contribution in [0.15, 0.2) is 42.7 Å². The molecule has 2 heterocycles. The summed E-state index contributed by atoms with van der Waals surface area (Å²) in [6.07, 6.45) is 2.92. The van der Waals surface area contributed by atoms with Crippen molar-refractivity contribution in [1.82, 2.24) is 19.6 Å². The highest BCUT2D eigenvalue weighted by atomic mass is 35.5. The fraction of sp³-hybridized carbons (Fsp3) is 0.0667. The summed E-state index contributed by atoms with van der Waals surface area (Å²) in [6.45, 7) is 0. The van der Waals surface area contributed by atoms with Crippen molar-refractivity contribution in [1.29, 1.82) is 5.26 Å². The first-order chi connectivity index (χ1) is 11.1. The molecule has 0 spiro atoms. The maximum atomic E-state index is 12.4. The number of nitriles is 1. The molecule has 0 aliphatic carbocycles. The van der Waals surface area contributed by atoms with Crippen molar-refractivity contribution in [2.24, 2.45) is 7.05 Å². The molecule has 0 saturated heterocycles. The highest BCUT2D eigenvalue weighted by Crippen LogP contribution is 2.21. The fourth-order valence-electron chi connectivity index (χ4n) is 2.10. The molecular weight excluding hydrogens is 316 g/mol. The third-order valence-corrected chi connectivity index (χ3v) is 3.40. The summed E-state index contributed by atoms with van der Waals surface area (Å²) in [7, 11) is 1.66. The van der Waals surface area contributed by atoms with Gasteiger partial charge in [-0.25, -0.2) is 4.68 Å². The maximum absolute atomic E-state index is 12.4. The Morgan fingerprint density at radius 2 is 2.09 bits per heavy atom. The van der Waals surface area contributed by atoms with Crippen LogP contribution in [0.25, 0.3) is 5.69 Å². The molecule has 114 valence electrons. The van der Waals surface area contributed by atoms with E-state index in [-0.39, 0.29) is 22.1 Å². The fourth-order valence-corrected chi connectivity index (χ4v) is 2.36. The number of anilines is 1. The first-order valence-corrected chi connectivity index (χ1v) is 7.02. The number of benzene rings is 1. The molecule has 0 saturated carbocycles. The van der Waals surface area contributed by atoms with Crippen LogP contribution in [0, 0.1) is 11.3 Å². The van der Waals surface area contributed by atoms with E-state index in [4.69, 9.17) is 11.6 Å². The highest BCUT2D eigenvalue weighted by molar-refractivity contribution is 6.34. The number of hydrogen-bond donors (Lipinski definition) is 1. The lowest BCUT2D eigenvalue weighted by molar-refractivity contribution is 0.102. The second kappa shape index (κ2) is 5.94. The van der Waals surface area contributed by atoms with Gasteiger partial charge in [-0.05, 0) is 12.1 Å². The van der Waals surface area contributed by atoms with Gasteiger partial charge in [0.2, 0.25) is 0 Å². The number of amides is 1. The minimum absolute atomic E-state index is 0.0823. The summed E-state index contributed by atoms with van der Waals surface area (Å²) in [4.78, 5) is 12.4. The lowest BCUT2D eigenvalue weighted by atomic mass is 10.3. The Labute approximate surface area is 136 Å². The number of para-hydroxylation sites is 1. The third-order valence-electron chi connectivity index (χ3n) is 3.12. The summed E-state index contributed by atoms with van der Waals surface area (Å²) in [5.74, 6) is -0.241. The van der Waals surface area contributed by atoms with Gasteiger partial charge in [0.25, 0.3) is 5.91 Å². The van der Waals surface area contributed by atoms with Crippen molar-refractivity contribution in [2.75, 3.05) is 5.32 Å². The average molecular weight is 327 g/mol. The van der Waals surface area contributed by atoms with Gasteiger partial charge >= 0.3 is 0 Å². The van der Waals surface area contributed by atoms with Crippen LogP contribution in [0.5, 0.6) is 0 Å². The van der Waals surface area contributed by atoms with Crippen LogP contribution in [0.1, 0.15) is 16.1 Å². The van der Waals surface area contributed by atoms with E-state index in [0.717, 1.165) is 5.69 Å². The van der Waals surface area contributed by atoms with Crippen LogP contribution >= 0.6 is 11.6 Å². The standard InChI is InChI=1S/C15H11ClN6O/c1-21-9-12(16)13(20-21)15(23)19-14-10(7-17)8-18-22(14)11-5-3-2-4-6-11/h2-6,8-9H,1H3,(H,19,23). The predicted molar refractivity (Wildman–Crippen MR) is 84.5 cm³/mol. The number of rotatable bonds is 3. The molecule has 0 radical (unpaired) electrons. The van der Waals surface area contributed by atoms with E-state index < -0.39 is 5.91 Å². The Kier molecular flexibility index (Phi) is 3.83. The van der Waals surface area contributed by atoms with Gasteiger partial charge in [-0.2, -0.15) is 15.5 Å². The molecule has 8 heteroatoms. The van der Waals surface area contributed by atoms with Gasteiger partial charge in [-0.15, -0.1) is 0 Å². The molecule has 1 amide bonds. The first-order valence-electron chi connectivity index (χ1n) is 6.64. The number of aryl methyl sites for hydroxylation is 1. The molecule has 1 aromatic carbocycles. The second-order valence-corrected chi connectivity index (χ2v) is 5.13. The number of carbonyl (C=O) groups excluding carboxylic acids is 1. The Morgan fingerprint density at radius 1 is 1.35 bits per heavy atom. The number of nitrogens with zero attached hydrogens (tertiary/aromatic N) is 5. The van der Waals surface area contributed by atoms with Crippen molar-refractivity contribution < 1.29 is 4.79 Å². The largest absolute Gasteiger partial charge is 0.304 e. The molecule has 3 rings (SSSR count). The zero-order chi connectivity index (χ0) is 16.4. The maximum Gasteiger partial charge on any atom is 0.278 e. The topological polar surface area (TPSA) is 88.5 Å². The van der Waals surface area contributed by atoms with Gasteiger partial charge < -0.3 is 5.32 Å². The molecular formula is C15H11ClN6O. The average Bonchev–Trinajstić information content (AvgIpc) is 3.10. The molecule has 23 heavy (non-hydrogen) atoms. The second-order valence-electron chi connectivity index (χ2n) is 4.72. The number of nitrogens with one attached hydrogen (secondary N) is 1. The van der Waals surface area contributed by atoms with Gasteiger partial charge in [0.05, 0.1) is 16.9 Å². The van der Waals surface area contributed by atoms with Crippen LogP contribution in [0.3, 0.4) is 0 Å². The summed E-state index contributed by atoms with van der Waals surface area (Å²) < 4.78 is 2.92. The summed E-state index contributed by atoms with van der Waals surface area (Å²) in [5, 5.41) is 20.3.